The smallest absolute Gasteiger partial charge is 0.254 e. The van der Waals surface area contributed by atoms with Crippen LogP contribution >= 0.6 is 22.6 Å². The summed E-state index contributed by atoms with van der Waals surface area (Å²) in [5.41, 5.74) is 1.24. The first-order valence-corrected chi connectivity index (χ1v) is 4.96. The quantitative estimate of drug-likeness (QED) is 0.550. The molecule has 1 aromatic rings. The molecule has 0 bridgehead atoms. The molecule has 1 aromatic heterocycles. The van der Waals surface area contributed by atoms with Crippen molar-refractivity contribution in [2.75, 3.05) is 5.32 Å². The van der Waals surface area contributed by atoms with Crippen LogP contribution in [0.1, 0.15) is 12.0 Å². The molecule has 0 saturated carbocycles. The van der Waals surface area contributed by atoms with Crippen molar-refractivity contribution in [3.63, 3.8) is 0 Å². The number of H-pyrrole nitrogens is 1. The molecule has 0 spiro atoms. The summed E-state index contributed by atoms with van der Waals surface area (Å²) in [7, 11) is 0. The number of anilines is 1. The van der Waals surface area contributed by atoms with Crippen LogP contribution in [-0.4, -0.2) is 10.9 Å². The standard InChI is InChI=1S/C8H7IN2O2/c9-6-3-5-4(8(13)11-6)1-2-7(12)10-5/h3H,1-2H2,(H,10,12)(H,11,13). The van der Waals surface area contributed by atoms with Gasteiger partial charge >= 0.3 is 0 Å². The van der Waals surface area contributed by atoms with Gasteiger partial charge in [-0.25, -0.2) is 0 Å². The summed E-state index contributed by atoms with van der Waals surface area (Å²) in [6.07, 6.45) is 0.935. The van der Waals surface area contributed by atoms with Gasteiger partial charge < -0.3 is 10.3 Å². The van der Waals surface area contributed by atoms with Crippen LogP contribution in [0.2, 0.25) is 0 Å². The number of hydrogen-bond acceptors (Lipinski definition) is 2. The minimum atomic E-state index is -0.0955. The van der Waals surface area contributed by atoms with Crippen molar-refractivity contribution in [2.45, 2.75) is 12.8 Å². The topological polar surface area (TPSA) is 62.0 Å². The summed E-state index contributed by atoms with van der Waals surface area (Å²) in [5, 5.41) is 2.68. The number of pyridine rings is 1. The Balaban J connectivity index is 2.59. The number of aromatic amines is 1. The van der Waals surface area contributed by atoms with Gasteiger partial charge in [0.15, 0.2) is 0 Å². The van der Waals surface area contributed by atoms with E-state index in [9.17, 15) is 9.59 Å². The average molecular weight is 290 g/mol. The molecule has 1 amide bonds. The SMILES string of the molecule is O=C1CCc2c(cc(I)[nH]c2=O)N1. The third kappa shape index (κ3) is 1.60. The first-order valence-electron chi connectivity index (χ1n) is 3.88. The van der Waals surface area contributed by atoms with Gasteiger partial charge in [0.1, 0.15) is 0 Å². The fourth-order valence-electron chi connectivity index (χ4n) is 1.37. The molecule has 0 radical (unpaired) electrons. The Bertz CT molecular complexity index is 425. The van der Waals surface area contributed by atoms with Crippen molar-refractivity contribution in [3.8, 4) is 0 Å². The molecular formula is C8H7IN2O2. The molecule has 1 aliphatic heterocycles. The van der Waals surface area contributed by atoms with Crippen molar-refractivity contribution >= 4 is 34.2 Å². The number of halogens is 1. The first-order chi connectivity index (χ1) is 6.16. The van der Waals surface area contributed by atoms with Crippen LogP contribution < -0.4 is 10.9 Å². The third-order valence-electron chi connectivity index (χ3n) is 1.98. The Morgan fingerprint density at radius 1 is 1.31 bits per heavy atom. The molecule has 0 unspecified atom stereocenters. The van der Waals surface area contributed by atoms with E-state index >= 15 is 0 Å². The van der Waals surface area contributed by atoms with E-state index in [0.717, 1.165) is 3.70 Å². The summed E-state index contributed by atoms with van der Waals surface area (Å²) in [4.78, 5) is 25.1. The fourth-order valence-corrected chi connectivity index (χ4v) is 1.92. The zero-order chi connectivity index (χ0) is 9.42. The molecule has 2 rings (SSSR count). The van der Waals surface area contributed by atoms with Crippen LogP contribution in [0.15, 0.2) is 10.9 Å². The van der Waals surface area contributed by atoms with E-state index in [4.69, 9.17) is 0 Å². The molecule has 2 N–H and O–H groups in total. The number of rotatable bonds is 0. The largest absolute Gasteiger partial charge is 0.326 e. The lowest BCUT2D eigenvalue weighted by Gasteiger charge is -2.15. The molecule has 1 aliphatic rings. The lowest BCUT2D eigenvalue weighted by molar-refractivity contribution is -0.116. The Labute approximate surface area is 87.9 Å². The number of aromatic nitrogens is 1. The van der Waals surface area contributed by atoms with E-state index in [2.05, 4.69) is 10.3 Å². The second-order valence-corrected chi connectivity index (χ2v) is 4.05. The van der Waals surface area contributed by atoms with Crippen LogP contribution in [0.5, 0.6) is 0 Å². The maximum atomic E-state index is 11.4. The van der Waals surface area contributed by atoms with Crippen molar-refractivity contribution in [2.24, 2.45) is 0 Å². The van der Waals surface area contributed by atoms with Gasteiger partial charge in [-0.3, -0.25) is 9.59 Å². The predicted molar refractivity (Wildman–Crippen MR) is 56.7 cm³/mol. The second kappa shape index (κ2) is 3.13. The molecular weight excluding hydrogens is 283 g/mol. The van der Waals surface area contributed by atoms with Crippen LogP contribution in [-0.2, 0) is 11.2 Å². The van der Waals surface area contributed by atoms with Crippen LogP contribution in [0, 0.1) is 3.70 Å². The minimum Gasteiger partial charge on any atom is -0.326 e. The Hall–Kier alpha value is -0.850. The van der Waals surface area contributed by atoms with Gasteiger partial charge in [0.25, 0.3) is 5.56 Å². The highest BCUT2D eigenvalue weighted by Crippen LogP contribution is 2.19. The van der Waals surface area contributed by atoms with Crippen molar-refractivity contribution < 1.29 is 4.79 Å². The van der Waals surface area contributed by atoms with Crippen molar-refractivity contribution in [3.05, 3.63) is 25.7 Å². The van der Waals surface area contributed by atoms with E-state index in [-0.39, 0.29) is 11.5 Å². The van der Waals surface area contributed by atoms with E-state index in [1.165, 1.54) is 0 Å². The number of hydrogen-bond donors (Lipinski definition) is 2. The second-order valence-electron chi connectivity index (χ2n) is 2.89. The summed E-state index contributed by atoms with van der Waals surface area (Å²) in [5.74, 6) is -0.0195. The van der Waals surface area contributed by atoms with Gasteiger partial charge in [-0.15, -0.1) is 0 Å². The molecule has 13 heavy (non-hydrogen) atoms. The van der Waals surface area contributed by atoms with Crippen molar-refractivity contribution in [1.82, 2.24) is 4.98 Å². The van der Waals surface area contributed by atoms with Gasteiger partial charge in [0.2, 0.25) is 5.91 Å². The maximum Gasteiger partial charge on any atom is 0.254 e. The molecule has 2 heterocycles. The third-order valence-corrected chi connectivity index (χ3v) is 2.56. The Kier molecular flexibility index (Phi) is 2.10. The van der Waals surface area contributed by atoms with Gasteiger partial charge in [0, 0.05) is 12.0 Å². The van der Waals surface area contributed by atoms with Crippen LogP contribution in [0.25, 0.3) is 0 Å². The maximum absolute atomic E-state index is 11.4. The number of nitrogens with one attached hydrogen (secondary N) is 2. The van der Waals surface area contributed by atoms with Gasteiger partial charge in [-0.1, -0.05) is 0 Å². The van der Waals surface area contributed by atoms with E-state index < -0.39 is 0 Å². The summed E-state index contributed by atoms with van der Waals surface area (Å²) >= 11 is 2.01. The fraction of sp³-hybridized carbons (Fsp3) is 0.250. The Morgan fingerprint density at radius 3 is 2.85 bits per heavy atom. The summed E-state index contributed by atoms with van der Waals surface area (Å²) < 4.78 is 0.739. The zero-order valence-electron chi connectivity index (χ0n) is 6.69. The number of carbonyl (C=O) groups is 1. The highest BCUT2D eigenvalue weighted by atomic mass is 127. The van der Waals surface area contributed by atoms with Crippen molar-refractivity contribution in [1.29, 1.82) is 0 Å². The molecule has 4 nitrogen and oxygen atoms in total. The van der Waals surface area contributed by atoms with E-state index in [0.29, 0.717) is 24.1 Å². The van der Waals surface area contributed by atoms with Crippen LogP contribution in [0.3, 0.4) is 0 Å². The predicted octanol–water partition coefficient (Wildman–Crippen LogP) is 0.864. The van der Waals surface area contributed by atoms with Gasteiger partial charge in [-0.2, -0.15) is 0 Å². The summed E-state index contributed by atoms with van der Waals surface area (Å²) in [6.45, 7) is 0. The summed E-state index contributed by atoms with van der Waals surface area (Å²) in [6, 6.07) is 1.77. The molecule has 0 aromatic carbocycles. The van der Waals surface area contributed by atoms with Gasteiger partial charge in [-0.05, 0) is 35.1 Å². The van der Waals surface area contributed by atoms with Crippen LogP contribution in [0.4, 0.5) is 5.69 Å². The minimum absolute atomic E-state index is 0.0195. The molecule has 0 saturated heterocycles. The normalized spacial score (nSPS) is 15.0. The number of amides is 1. The molecule has 68 valence electrons. The van der Waals surface area contributed by atoms with E-state index in [1.807, 2.05) is 22.6 Å². The highest BCUT2D eigenvalue weighted by molar-refractivity contribution is 14.1. The first kappa shape index (κ1) is 8.74. The highest BCUT2D eigenvalue weighted by Gasteiger charge is 2.17. The molecule has 0 atom stereocenters. The molecule has 0 aliphatic carbocycles. The lowest BCUT2D eigenvalue weighted by Crippen LogP contribution is -2.26. The Morgan fingerprint density at radius 2 is 2.08 bits per heavy atom. The number of carbonyl (C=O) groups excluding carboxylic acids is 1. The lowest BCUT2D eigenvalue weighted by atomic mass is 10.1. The molecule has 0 fully saturated rings. The monoisotopic (exact) mass is 290 g/mol. The van der Waals surface area contributed by atoms with Gasteiger partial charge in [0.05, 0.1) is 9.39 Å². The zero-order valence-corrected chi connectivity index (χ0v) is 8.84. The van der Waals surface area contributed by atoms with E-state index in [1.54, 1.807) is 6.07 Å². The number of fused-ring (bicyclic) bond motifs is 1. The average Bonchev–Trinajstić information content (AvgIpc) is 2.02. The molecule has 5 heteroatoms.